The highest BCUT2D eigenvalue weighted by Crippen LogP contribution is 2.36. The topological polar surface area (TPSA) is 26.8 Å². The molecule has 2 saturated heterocycles. The fourth-order valence-electron chi connectivity index (χ4n) is 5.58. The lowest BCUT2D eigenvalue weighted by molar-refractivity contribution is -0.140. The van der Waals surface area contributed by atoms with Gasteiger partial charge >= 0.3 is 6.18 Å². The van der Waals surface area contributed by atoms with E-state index in [1.54, 1.807) is 12.1 Å². The quantitative estimate of drug-likeness (QED) is 0.242. The number of benzene rings is 2. The Kier molecular flexibility index (Phi) is 9.61. The Morgan fingerprint density at radius 1 is 1.03 bits per heavy atom. The second-order valence-corrected chi connectivity index (χ2v) is 11.2. The van der Waals surface area contributed by atoms with Crippen LogP contribution in [0, 0.1) is 5.82 Å². The maximum absolute atomic E-state index is 14.2. The van der Waals surface area contributed by atoms with Crippen LogP contribution in [0.4, 0.5) is 17.6 Å². The predicted molar refractivity (Wildman–Crippen MR) is 142 cm³/mol. The van der Waals surface area contributed by atoms with Gasteiger partial charge in [0.15, 0.2) is 0 Å². The molecule has 0 saturated carbocycles. The molecular weight excluding hydrogens is 541 g/mol. The number of likely N-dealkylation sites (tertiary alicyclic amines) is 2. The summed E-state index contributed by atoms with van der Waals surface area (Å²) in [5, 5.41) is 0.853. The second kappa shape index (κ2) is 12.5. The van der Waals surface area contributed by atoms with Crippen molar-refractivity contribution in [2.45, 2.75) is 56.8 Å². The molecule has 0 aliphatic carbocycles. The van der Waals surface area contributed by atoms with Gasteiger partial charge in [0.05, 0.1) is 15.6 Å². The number of hydrogen-bond acceptors (Lipinski definition) is 3. The average Bonchev–Trinajstić information content (AvgIpc) is 3.53. The van der Waals surface area contributed by atoms with Crippen LogP contribution in [0.5, 0.6) is 0 Å². The monoisotopic (exact) mass is 573 g/mol. The van der Waals surface area contributed by atoms with Gasteiger partial charge in [-0.25, -0.2) is 4.39 Å². The molecule has 2 aliphatic heterocycles. The Balaban J connectivity index is 1.45. The molecule has 0 bridgehead atoms. The fourth-order valence-corrected chi connectivity index (χ4v) is 5.88. The molecule has 2 fully saturated rings. The average molecular weight is 574 g/mol. The van der Waals surface area contributed by atoms with E-state index in [2.05, 4.69) is 4.90 Å². The number of hydrogen-bond donors (Lipinski definition) is 0. The third-order valence-electron chi connectivity index (χ3n) is 7.66. The molecule has 2 heterocycles. The minimum atomic E-state index is -4.74. The number of carbonyl (C=O) groups excluding carboxylic acids is 1. The van der Waals surface area contributed by atoms with Crippen LogP contribution in [0.25, 0.3) is 0 Å². The molecule has 2 aliphatic rings. The first-order valence-electron chi connectivity index (χ1n) is 13.0. The van der Waals surface area contributed by atoms with Gasteiger partial charge in [0.1, 0.15) is 5.82 Å². The van der Waals surface area contributed by atoms with E-state index in [0.29, 0.717) is 35.1 Å². The van der Waals surface area contributed by atoms with E-state index in [4.69, 9.17) is 23.2 Å². The molecule has 0 aromatic heterocycles. The van der Waals surface area contributed by atoms with Gasteiger partial charge in [0.2, 0.25) is 5.91 Å². The van der Waals surface area contributed by atoms with Crippen LogP contribution < -0.4 is 0 Å². The SMILES string of the molecule is CN(Cc1ccc(C(F)(F)F)c(F)c1)[C@@H]1CN(C(=O)CCCCN2CCCC2)C[C@@H]1c1ccc(Cl)c(Cl)c1. The van der Waals surface area contributed by atoms with Crippen LogP contribution in [-0.2, 0) is 17.5 Å². The van der Waals surface area contributed by atoms with Crippen LogP contribution >= 0.6 is 23.2 Å². The minimum Gasteiger partial charge on any atom is -0.340 e. The lowest BCUT2D eigenvalue weighted by Crippen LogP contribution is -2.38. The fraction of sp³-hybridized carbons (Fsp3) is 0.536. The summed E-state index contributed by atoms with van der Waals surface area (Å²) in [6, 6.07) is 8.30. The molecule has 0 N–H and O–H groups in total. The van der Waals surface area contributed by atoms with Gasteiger partial charge in [-0.2, -0.15) is 13.2 Å². The number of alkyl halides is 3. The Morgan fingerprint density at radius 2 is 1.76 bits per heavy atom. The van der Waals surface area contributed by atoms with E-state index in [-0.39, 0.29) is 24.4 Å². The Hall–Kier alpha value is -1.87. The number of likely N-dealkylation sites (N-methyl/N-ethyl adjacent to an activating group) is 1. The van der Waals surface area contributed by atoms with Crippen LogP contribution in [0.2, 0.25) is 10.0 Å². The molecule has 2 aromatic carbocycles. The number of nitrogens with zero attached hydrogens (tertiary/aromatic N) is 3. The molecular formula is C28H33Cl2F4N3O. The lowest BCUT2D eigenvalue weighted by atomic mass is 9.93. The summed E-state index contributed by atoms with van der Waals surface area (Å²) in [4.78, 5) is 19.4. The van der Waals surface area contributed by atoms with E-state index >= 15 is 0 Å². The van der Waals surface area contributed by atoms with Crippen molar-refractivity contribution >= 4 is 29.1 Å². The molecule has 4 nitrogen and oxygen atoms in total. The summed E-state index contributed by atoms with van der Waals surface area (Å²) in [6.45, 7) is 4.50. The number of halogens is 6. The summed E-state index contributed by atoms with van der Waals surface area (Å²) >= 11 is 12.4. The lowest BCUT2D eigenvalue weighted by Gasteiger charge is -2.29. The zero-order valence-electron chi connectivity index (χ0n) is 21.4. The zero-order valence-corrected chi connectivity index (χ0v) is 22.9. The molecule has 38 heavy (non-hydrogen) atoms. The van der Waals surface area contributed by atoms with Gasteiger partial charge < -0.3 is 9.80 Å². The maximum Gasteiger partial charge on any atom is 0.419 e. The van der Waals surface area contributed by atoms with Crippen molar-refractivity contribution in [1.82, 2.24) is 14.7 Å². The standard InChI is InChI=1S/C28H33Cl2F4N3O/c1-35(16-19-7-9-22(25(31)14-19)28(32,33)34)26-18-37(17-21(26)20-8-10-23(29)24(30)15-20)27(38)6-2-3-11-36-12-4-5-13-36/h7-10,14-15,21,26H,2-6,11-13,16-18H2,1H3/t21-,26-/m1/s1. The third kappa shape index (κ3) is 7.20. The Morgan fingerprint density at radius 3 is 2.42 bits per heavy atom. The number of amides is 1. The van der Waals surface area contributed by atoms with Gasteiger partial charge in [0.25, 0.3) is 0 Å². The van der Waals surface area contributed by atoms with Gasteiger partial charge in [-0.15, -0.1) is 0 Å². The third-order valence-corrected chi connectivity index (χ3v) is 8.40. The van der Waals surface area contributed by atoms with Crippen molar-refractivity contribution in [3.8, 4) is 0 Å². The van der Waals surface area contributed by atoms with E-state index < -0.39 is 17.6 Å². The molecule has 4 rings (SSSR count). The Labute approximate surface area is 231 Å². The van der Waals surface area contributed by atoms with E-state index in [1.807, 2.05) is 22.9 Å². The largest absolute Gasteiger partial charge is 0.419 e. The normalized spacial score (nSPS) is 20.6. The summed E-state index contributed by atoms with van der Waals surface area (Å²) in [5.74, 6) is -1.28. The van der Waals surface area contributed by atoms with Crippen molar-refractivity contribution < 1.29 is 22.4 Å². The number of carbonyl (C=O) groups is 1. The summed E-state index contributed by atoms with van der Waals surface area (Å²) < 4.78 is 53.1. The van der Waals surface area contributed by atoms with Crippen molar-refractivity contribution in [3.63, 3.8) is 0 Å². The molecule has 0 radical (unpaired) electrons. The van der Waals surface area contributed by atoms with Crippen molar-refractivity contribution in [2.75, 3.05) is 39.8 Å². The summed E-state index contributed by atoms with van der Waals surface area (Å²) in [5.41, 5.74) is 0.0803. The first-order chi connectivity index (χ1) is 18.0. The van der Waals surface area contributed by atoms with Crippen molar-refractivity contribution in [3.05, 3.63) is 69.0 Å². The van der Waals surface area contributed by atoms with Crippen LogP contribution in [0.1, 0.15) is 54.7 Å². The first-order valence-corrected chi connectivity index (χ1v) is 13.8. The van der Waals surface area contributed by atoms with Crippen molar-refractivity contribution in [1.29, 1.82) is 0 Å². The van der Waals surface area contributed by atoms with E-state index in [9.17, 15) is 22.4 Å². The summed E-state index contributed by atoms with van der Waals surface area (Å²) in [7, 11) is 1.84. The van der Waals surface area contributed by atoms with Gasteiger partial charge in [-0.3, -0.25) is 9.69 Å². The second-order valence-electron chi connectivity index (χ2n) is 10.4. The predicted octanol–water partition coefficient (Wildman–Crippen LogP) is 6.84. The summed E-state index contributed by atoms with van der Waals surface area (Å²) in [6.07, 6.45) is 0.0393. The molecule has 10 heteroatoms. The molecule has 2 aromatic rings. The van der Waals surface area contributed by atoms with Crippen LogP contribution in [0.3, 0.4) is 0 Å². The Bertz CT molecular complexity index is 1120. The molecule has 1 amide bonds. The highest BCUT2D eigenvalue weighted by Gasteiger charge is 2.39. The number of unbranched alkanes of at least 4 members (excludes halogenated alkanes) is 1. The molecule has 208 valence electrons. The highest BCUT2D eigenvalue weighted by molar-refractivity contribution is 6.42. The minimum absolute atomic E-state index is 0.0809. The first kappa shape index (κ1) is 29.1. The molecule has 0 spiro atoms. The van der Waals surface area contributed by atoms with E-state index in [1.165, 1.54) is 18.9 Å². The number of rotatable bonds is 9. The molecule has 2 atom stereocenters. The highest BCUT2D eigenvalue weighted by atomic mass is 35.5. The van der Waals surface area contributed by atoms with Crippen LogP contribution in [-0.4, -0.2) is 66.4 Å². The van der Waals surface area contributed by atoms with Crippen molar-refractivity contribution in [2.24, 2.45) is 0 Å². The maximum atomic E-state index is 14.2. The van der Waals surface area contributed by atoms with Gasteiger partial charge in [-0.05, 0) is 87.8 Å². The smallest absolute Gasteiger partial charge is 0.340 e. The molecule has 0 unspecified atom stereocenters. The van der Waals surface area contributed by atoms with E-state index in [0.717, 1.165) is 50.2 Å². The van der Waals surface area contributed by atoms with Gasteiger partial charge in [-0.1, -0.05) is 35.3 Å². The van der Waals surface area contributed by atoms with Crippen LogP contribution in [0.15, 0.2) is 36.4 Å². The zero-order chi connectivity index (χ0) is 27.4. The van der Waals surface area contributed by atoms with Gasteiger partial charge in [0, 0.05) is 38.0 Å².